The molecule has 0 spiro atoms. The predicted molar refractivity (Wildman–Crippen MR) is 79.8 cm³/mol. The fourth-order valence-electron chi connectivity index (χ4n) is 2.10. The summed E-state index contributed by atoms with van der Waals surface area (Å²) < 4.78 is 5.96. The molecule has 2 aromatic rings. The van der Waals surface area contributed by atoms with Crippen LogP contribution in [0.15, 0.2) is 42.5 Å². The van der Waals surface area contributed by atoms with Gasteiger partial charge in [0, 0.05) is 6.54 Å². The number of nitrogens with one attached hydrogen (secondary N) is 1. The van der Waals surface area contributed by atoms with Crippen molar-refractivity contribution < 1.29 is 4.74 Å². The van der Waals surface area contributed by atoms with E-state index in [0.717, 1.165) is 30.0 Å². The molecular weight excluding hydrogens is 234 g/mol. The normalized spacial score (nSPS) is 10.5. The van der Waals surface area contributed by atoms with E-state index in [9.17, 15) is 0 Å². The standard InChI is InChI=1S/C17H21NO/c1-4-14-6-5-7-16(11-14)19-17-9-8-15(12-18-3)10-13(17)2/h5-11,18H,4,12H2,1-3H3. The minimum Gasteiger partial charge on any atom is -0.457 e. The number of benzene rings is 2. The molecule has 0 saturated carbocycles. The summed E-state index contributed by atoms with van der Waals surface area (Å²) in [6, 6.07) is 14.6. The quantitative estimate of drug-likeness (QED) is 0.869. The summed E-state index contributed by atoms with van der Waals surface area (Å²) in [6.45, 7) is 5.11. The molecular formula is C17H21NO. The minimum absolute atomic E-state index is 0.881. The highest BCUT2D eigenvalue weighted by molar-refractivity contribution is 5.40. The Kier molecular flexibility index (Phi) is 4.58. The van der Waals surface area contributed by atoms with Gasteiger partial charge in [0.15, 0.2) is 0 Å². The lowest BCUT2D eigenvalue weighted by atomic mass is 10.1. The van der Waals surface area contributed by atoms with Gasteiger partial charge in [0.25, 0.3) is 0 Å². The van der Waals surface area contributed by atoms with Crippen molar-refractivity contribution in [1.82, 2.24) is 5.32 Å². The van der Waals surface area contributed by atoms with Crippen LogP contribution in [-0.4, -0.2) is 7.05 Å². The van der Waals surface area contributed by atoms with E-state index in [-0.39, 0.29) is 0 Å². The van der Waals surface area contributed by atoms with Gasteiger partial charge < -0.3 is 10.1 Å². The molecule has 0 unspecified atom stereocenters. The Morgan fingerprint density at radius 2 is 1.89 bits per heavy atom. The Labute approximate surface area is 115 Å². The summed E-state index contributed by atoms with van der Waals surface area (Å²) in [5.41, 5.74) is 3.73. The number of hydrogen-bond acceptors (Lipinski definition) is 2. The van der Waals surface area contributed by atoms with Gasteiger partial charge in [0.2, 0.25) is 0 Å². The van der Waals surface area contributed by atoms with E-state index < -0.39 is 0 Å². The van der Waals surface area contributed by atoms with Crippen molar-refractivity contribution in [1.29, 1.82) is 0 Å². The van der Waals surface area contributed by atoms with E-state index in [0.29, 0.717) is 0 Å². The molecule has 2 aromatic carbocycles. The Balaban J connectivity index is 2.18. The first-order valence-corrected chi connectivity index (χ1v) is 6.74. The maximum absolute atomic E-state index is 5.96. The second kappa shape index (κ2) is 6.39. The highest BCUT2D eigenvalue weighted by atomic mass is 16.5. The zero-order chi connectivity index (χ0) is 13.7. The van der Waals surface area contributed by atoms with Crippen molar-refractivity contribution >= 4 is 0 Å². The van der Waals surface area contributed by atoms with E-state index in [1.165, 1.54) is 11.1 Å². The Bertz CT molecular complexity index is 549. The van der Waals surface area contributed by atoms with Gasteiger partial charge >= 0.3 is 0 Å². The first-order valence-electron chi connectivity index (χ1n) is 6.74. The molecule has 0 amide bonds. The summed E-state index contributed by atoms with van der Waals surface area (Å²) in [4.78, 5) is 0. The molecule has 0 radical (unpaired) electrons. The number of aryl methyl sites for hydroxylation is 2. The first-order chi connectivity index (χ1) is 9.22. The summed E-state index contributed by atoms with van der Waals surface area (Å²) in [5, 5.41) is 3.15. The van der Waals surface area contributed by atoms with Crippen LogP contribution in [0.2, 0.25) is 0 Å². The molecule has 1 N–H and O–H groups in total. The lowest BCUT2D eigenvalue weighted by Crippen LogP contribution is -2.05. The summed E-state index contributed by atoms with van der Waals surface area (Å²) in [7, 11) is 1.95. The third-order valence-corrected chi connectivity index (χ3v) is 3.15. The van der Waals surface area contributed by atoms with Crippen molar-refractivity contribution in [2.45, 2.75) is 26.8 Å². The molecule has 0 saturated heterocycles. The highest BCUT2D eigenvalue weighted by Crippen LogP contribution is 2.26. The van der Waals surface area contributed by atoms with Gasteiger partial charge in [0.05, 0.1) is 0 Å². The van der Waals surface area contributed by atoms with E-state index in [1.54, 1.807) is 0 Å². The second-order valence-electron chi connectivity index (χ2n) is 4.73. The Hall–Kier alpha value is -1.80. The topological polar surface area (TPSA) is 21.3 Å². The monoisotopic (exact) mass is 255 g/mol. The van der Waals surface area contributed by atoms with Crippen LogP contribution in [0.4, 0.5) is 0 Å². The van der Waals surface area contributed by atoms with Crippen molar-refractivity contribution in [3.63, 3.8) is 0 Å². The SMILES string of the molecule is CCc1cccc(Oc2ccc(CNC)cc2C)c1. The predicted octanol–water partition coefficient (Wildman–Crippen LogP) is 4.07. The molecule has 0 heterocycles. The van der Waals surface area contributed by atoms with Gasteiger partial charge in [-0.25, -0.2) is 0 Å². The van der Waals surface area contributed by atoms with Crippen LogP contribution in [0, 0.1) is 6.92 Å². The van der Waals surface area contributed by atoms with Crippen molar-refractivity contribution in [3.05, 3.63) is 59.2 Å². The number of hydrogen-bond donors (Lipinski definition) is 1. The van der Waals surface area contributed by atoms with E-state index in [2.05, 4.69) is 43.4 Å². The summed E-state index contributed by atoms with van der Waals surface area (Å²) >= 11 is 0. The molecule has 0 fully saturated rings. The third-order valence-electron chi connectivity index (χ3n) is 3.15. The van der Waals surface area contributed by atoms with Crippen LogP contribution in [-0.2, 0) is 13.0 Å². The highest BCUT2D eigenvalue weighted by Gasteiger charge is 2.03. The molecule has 0 aliphatic heterocycles. The van der Waals surface area contributed by atoms with Crippen molar-refractivity contribution in [2.75, 3.05) is 7.05 Å². The van der Waals surface area contributed by atoms with Gasteiger partial charge in [-0.3, -0.25) is 0 Å². The van der Waals surface area contributed by atoms with Gasteiger partial charge in [-0.05, 0) is 55.3 Å². The lowest BCUT2D eigenvalue weighted by molar-refractivity contribution is 0.478. The maximum Gasteiger partial charge on any atom is 0.130 e. The van der Waals surface area contributed by atoms with Crippen LogP contribution in [0.5, 0.6) is 11.5 Å². The lowest BCUT2D eigenvalue weighted by Gasteiger charge is -2.11. The average Bonchev–Trinajstić information content (AvgIpc) is 2.42. The molecule has 0 atom stereocenters. The van der Waals surface area contributed by atoms with E-state index in [1.807, 2.05) is 25.2 Å². The fraction of sp³-hybridized carbons (Fsp3) is 0.294. The van der Waals surface area contributed by atoms with Crippen LogP contribution >= 0.6 is 0 Å². The largest absolute Gasteiger partial charge is 0.457 e. The van der Waals surface area contributed by atoms with Crippen LogP contribution in [0.1, 0.15) is 23.6 Å². The van der Waals surface area contributed by atoms with Crippen molar-refractivity contribution in [2.24, 2.45) is 0 Å². The molecule has 100 valence electrons. The molecule has 0 aromatic heterocycles. The Morgan fingerprint density at radius 1 is 1.05 bits per heavy atom. The molecule has 2 heteroatoms. The third kappa shape index (κ3) is 3.58. The molecule has 19 heavy (non-hydrogen) atoms. The first kappa shape index (κ1) is 13.6. The zero-order valence-electron chi connectivity index (χ0n) is 11.9. The molecule has 0 aliphatic carbocycles. The molecule has 2 nitrogen and oxygen atoms in total. The van der Waals surface area contributed by atoms with Crippen LogP contribution in [0.3, 0.4) is 0 Å². The zero-order valence-corrected chi connectivity index (χ0v) is 11.9. The van der Waals surface area contributed by atoms with Gasteiger partial charge in [0.1, 0.15) is 11.5 Å². The smallest absolute Gasteiger partial charge is 0.130 e. The van der Waals surface area contributed by atoms with Gasteiger partial charge in [-0.2, -0.15) is 0 Å². The number of rotatable bonds is 5. The summed E-state index contributed by atoms with van der Waals surface area (Å²) in [5.74, 6) is 1.83. The van der Waals surface area contributed by atoms with Crippen molar-refractivity contribution in [3.8, 4) is 11.5 Å². The van der Waals surface area contributed by atoms with Gasteiger partial charge in [-0.15, -0.1) is 0 Å². The molecule has 0 bridgehead atoms. The fourth-order valence-corrected chi connectivity index (χ4v) is 2.10. The maximum atomic E-state index is 5.96. The van der Waals surface area contributed by atoms with Gasteiger partial charge in [-0.1, -0.05) is 31.2 Å². The second-order valence-corrected chi connectivity index (χ2v) is 4.73. The molecule has 2 rings (SSSR count). The molecule has 0 aliphatic rings. The van der Waals surface area contributed by atoms with E-state index in [4.69, 9.17) is 4.74 Å². The van der Waals surface area contributed by atoms with Crippen LogP contribution < -0.4 is 10.1 Å². The average molecular weight is 255 g/mol. The minimum atomic E-state index is 0.881. The number of ether oxygens (including phenoxy) is 1. The Morgan fingerprint density at radius 3 is 2.58 bits per heavy atom. The van der Waals surface area contributed by atoms with Crippen LogP contribution in [0.25, 0.3) is 0 Å². The van der Waals surface area contributed by atoms with E-state index >= 15 is 0 Å². The summed E-state index contributed by atoms with van der Waals surface area (Å²) in [6.07, 6.45) is 1.03.